The minimum Gasteiger partial charge on any atom is -0.393 e. The van der Waals surface area contributed by atoms with Gasteiger partial charge in [-0.15, -0.1) is 0 Å². The minimum atomic E-state index is -0.510. The largest absolute Gasteiger partial charge is 0.393 e. The molecule has 2 N–H and O–H groups in total. The van der Waals surface area contributed by atoms with Gasteiger partial charge in [0.05, 0.1) is 11.0 Å². The molecule has 1 aromatic rings. The highest BCUT2D eigenvalue weighted by atomic mass is 16.6. The molecule has 0 aliphatic heterocycles. The van der Waals surface area contributed by atoms with Crippen LogP contribution in [-0.2, 0) is 0 Å². The first-order valence-electron chi connectivity index (χ1n) is 6.75. The Morgan fingerprint density at radius 3 is 2.67 bits per heavy atom. The summed E-state index contributed by atoms with van der Waals surface area (Å²) in [4.78, 5) is 23.8. The smallest absolute Gasteiger partial charge is 0.293 e. The number of amides is 1. The number of rotatable bonds is 7. The van der Waals surface area contributed by atoms with Crippen molar-refractivity contribution in [2.45, 2.75) is 25.9 Å². The summed E-state index contributed by atoms with van der Waals surface area (Å²) in [6.45, 7) is 2.22. The molecule has 1 aromatic carbocycles. The summed E-state index contributed by atoms with van der Waals surface area (Å²) in [5.41, 5.74) is 0.530. The van der Waals surface area contributed by atoms with Gasteiger partial charge in [0.1, 0.15) is 5.69 Å². The van der Waals surface area contributed by atoms with Crippen molar-refractivity contribution in [2.75, 3.05) is 26.0 Å². The monoisotopic (exact) mass is 295 g/mol. The van der Waals surface area contributed by atoms with Gasteiger partial charge < -0.3 is 15.3 Å². The molecule has 1 amide bonds. The fourth-order valence-electron chi connectivity index (χ4n) is 1.84. The van der Waals surface area contributed by atoms with Gasteiger partial charge >= 0.3 is 0 Å². The summed E-state index contributed by atoms with van der Waals surface area (Å²) in [6, 6.07) is 4.38. The maximum Gasteiger partial charge on any atom is 0.293 e. The highest BCUT2D eigenvalue weighted by molar-refractivity contribution is 5.95. The molecule has 1 atom stereocenters. The van der Waals surface area contributed by atoms with E-state index in [-0.39, 0.29) is 23.3 Å². The highest BCUT2D eigenvalue weighted by Gasteiger charge is 2.18. The first kappa shape index (κ1) is 16.9. The Morgan fingerprint density at radius 2 is 2.14 bits per heavy atom. The quantitative estimate of drug-likeness (QED) is 0.455. The average molecular weight is 295 g/mol. The van der Waals surface area contributed by atoms with Crippen molar-refractivity contribution in [3.05, 3.63) is 33.9 Å². The van der Waals surface area contributed by atoms with Crippen LogP contribution < -0.4 is 5.32 Å². The predicted octanol–water partition coefficient (Wildman–Crippen LogP) is 1.87. The van der Waals surface area contributed by atoms with Gasteiger partial charge in [-0.05, 0) is 31.9 Å². The molecule has 7 nitrogen and oxygen atoms in total. The van der Waals surface area contributed by atoms with Crippen LogP contribution in [0, 0.1) is 10.1 Å². The molecule has 1 unspecified atom stereocenters. The van der Waals surface area contributed by atoms with Gasteiger partial charge in [-0.25, -0.2) is 0 Å². The van der Waals surface area contributed by atoms with Gasteiger partial charge in [0, 0.05) is 32.3 Å². The maximum atomic E-state index is 11.8. The van der Waals surface area contributed by atoms with Crippen LogP contribution >= 0.6 is 0 Å². The van der Waals surface area contributed by atoms with Crippen LogP contribution in [-0.4, -0.2) is 47.6 Å². The lowest BCUT2D eigenvalue weighted by molar-refractivity contribution is -0.384. The summed E-state index contributed by atoms with van der Waals surface area (Å²) < 4.78 is 0. The minimum absolute atomic E-state index is 0.125. The third-order valence-corrected chi connectivity index (χ3v) is 2.96. The maximum absolute atomic E-state index is 11.8. The van der Waals surface area contributed by atoms with Crippen LogP contribution in [0.1, 0.15) is 30.1 Å². The molecule has 0 aliphatic rings. The lowest BCUT2D eigenvalue weighted by atomic mass is 10.1. The van der Waals surface area contributed by atoms with Crippen molar-refractivity contribution in [3.63, 3.8) is 0 Å². The lowest BCUT2D eigenvalue weighted by Crippen LogP contribution is -2.21. The Kier molecular flexibility index (Phi) is 6.10. The van der Waals surface area contributed by atoms with Gasteiger partial charge in [0.2, 0.25) is 0 Å². The Labute approximate surface area is 123 Å². The Bertz CT molecular complexity index is 515. The third kappa shape index (κ3) is 5.03. The van der Waals surface area contributed by atoms with Gasteiger partial charge in [0.15, 0.2) is 0 Å². The number of nitro groups is 1. The molecule has 0 bridgehead atoms. The molecule has 0 aliphatic carbocycles. The number of carbonyl (C=O) groups excluding carboxylic acids is 1. The van der Waals surface area contributed by atoms with E-state index < -0.39 is 4.92 Å². The number of hydrogen-bond acceptors (Lipinski definition) is 5. The summed E-state index contributed by atoms with van der Waals surface area (Å²) in [7, 11) is 3.19. The van der Waals surface area contributed by atoms with E-state index in [1.807, 2.05) is 0 Å². The third-order valence-electron chi connectivity index (χ3n) is 2.96. The average Bonchev–Trinajstić information content (AvgIpc) is 2.42. The van der Waals surface area contributed by atoms with Crippen LogP contribution in [0.25, 0.3) is 0 Å². The van der Waals surface area contributed by atoms with E-state index in [4.69, 9.17) is 5.11 Å². The number of nitro benzene ring substituents is 1. The van der Waals surface area contributed by atoms with Crippen molar-refractivity contribution in [1.29, 1.82) is 0 Å². The zero-order valence-corrected chi connectivity index (χ0v) is 12.5. The second-order valence-electron chi connectivity index (χ2n) is 5.11. The number of benzene rings is 1. The van der Waals surface area contributed by atoms with Crippen LogP contribution in [0.5, 0.6) is 0 Å². The summed E-state index contributed by atoms with van der Waals surface area (Å²) in [5.74, 6) is -0.279. The van der Waals surface area contributed by atoms with Crippen molar-refractivity contribution in [2.24, 2.45) is 0 Å². The predicted molar refractivity (Wildman–Crippen MR) is 80.5 cm³/mol. The molecule has 0 radical (unpaired) electrons. The van der Waals surface area contributed by atoms with Crippen molar-refractivity contribution in [3.8, 4) is 0 Å². The molecule has 0 spiro atoms. The van der Waals surface area contributed by atoms with Crippen molar-refractivity contribution >= 4 is 17.3 Å². The van der Waals surface area contributed by atoms with E-state index in [1.54, 1.807) is 27.1 Å². The molecule has 116 valence electrons. The van der Waals surface area contributed by atoms with E-state index in [0.29, 0.717) is 25.1 Å². The molecular formula is C14H21N3O4. The number of carbonyl (C=O) groups is 1. The normalized spacial score (nSPS) is 11.8. The van der Waals surface area contributed by atoms with Crippen LogP contribution in [0.2, 0.25) is 0 Å². The van der Waals surface area contributed by atoms with E-state index in [2.05, 4.69) is 5.32 Å². The number of nitrogens with one attached hydrogen (secondary N) is 1. The van der Waals surface area contributed by atoms with E-state index in [0.717, 1.165) is 0 Å². The molecule has 1 rings (SSSR count). The van der Waals surface area contributed by atoms with E-state index >= 15 is 0 Å². The first-order chi connectivity index (χ1) is 9.82. The fourth-order valence-corrected chi connectivity index (χ4v) is 1.84. The highest BCUT2D eigenvalue weighted by Crippen LogP contribution is 2.26. The van der Waals surface area contributed by atoms with Crippen molar-refractivity contribution < 1.29 is 14.8 Å². The zero-order chi connectivity index (χ0) is 16.0. The number of aliphatic hydroxyl groups excluding tert-OH is 1. The van der Waals surface area contributed by atoms with Crippen molar-refractivity contribution in [1.82, 2.24) is 4.90 Å². The first-order valence-corrected chi connectivity index (χ1v) is 6.75. The number of nitrogens with zero attached hydrogens (tertiary/aromatic N) is 2. The van der Waals surface area contributed by atoms with Crippen LogP contribution in [0.4, 0.5) is 11.4 Å². The summed E-state index contributed by atoms with van der Waals surface area (Å²) >= 11 is 0. The second kappa shape index (κ2) is 7.58. The SMILES string of the molecule is CC(O)CCCNc1ccc(C(=O)N(C)C)cc1[N+](=O)[O-]. The van der Waals surface area contributed by atoms with E-state index in [9.17, 15) is 14.9 Å². The number of aliphatic hydroxyl groups is 1. The fraction of sp³-hybridized carbons (Fsp3) is 0.500. The molecule has 0 saturated heterocycles. The van der Waals surface area contributed by atoms with Crippen LogP contribution in [0.3, 0.4) is 0 Å². The van der Waals surface area contributed by atoms with E-state index in [1.165, 1.54) is 17.0 Å². The Morgan fingerprint density at radius 1 is 1.48 bits per heavy atom. The standard InChI is InChI=1S/C14H21N3O4/c1-10(18)5-4-8-15-12-7-6-11(14(19)16(2)3)9-13(12)17(20)21/h6-7,9-10,15,18H,4-5,8H2,1-3H3. The van der Waals surface area contributed by atoms with Crippen LogP contribution in [0.15, 0.2) is 18.2 Å². The molecular weight excluding hydrogens is 274 g/mol. The Balaban J connectivity index is 2.85. The number of hydrogen-bond donors (Lipinski definition) is 2. The second-order valence-corrected chi connectivity index (χ2v) is 5.11. The lowest BCUT2D eigenvalue weighted by Gasteiger charge is -2.12. The molecule has 7 heteroatoms. The zero-order valence-electron chi connectivity index (χ0n) is 12.5. The molecule has 0 heterocycles. The van der Waals surface area contributed by atoms with Gasteiger partial charge in [-0.1, -0.05) is 0 Å². The molecule has 0 saturated carbocycles. The molecule has 21 heavy (non-hydrogen) atoms. The topological polar surface area (TPSA) is 95.7 Å². The van der Waals surface area contributed by atoms with Gasteiger partial charge in [-0.3, -0.25) is 14.9 Å². The number of anilines is 1. The molecule has 0 aromatic heterocycles. The summed E-state index contributed by atoms with van der Waals surface area (Å²) in [5, 5.41) is 23.2. The summed E-state index contributed by atoms with van der Waals surface area (Å²) in [6.07, 6.45) is 0.937. The van der Waals surface area contributed by atoms with Gasteiger partial charge in [0.25, 0.3) is 11.6 Å². The molecule has 0 fully saturated rings. The Hall–Kier alpha value is -2.15. The van der Waals surface area contributed by atoms with Gasteiger partial charge in [-0.2, -0.15) is 0 Å².